The van der Waals surface area contributed by atoms with Gasteiger partial charge in [0.2, 0.25) is 0 Å². The Morgan fingerprint density at radius 2 is 2.35 bits per heavy atom. The molecule has 1 aliphatic rings. The van der Waals surface area contributed by atoms with Crippen LogP contribution < -0.4 is 5.32 Å². The first-order valence-electron chi connectivity index (χ1n) is 5.80. The van der Waals surface area contributed by atoms with Crippen LogP contribution >= 0.6 is 11.6 Å². The van der Waals surface area contributed by atoms with Crippen molar-refractivity contribution in [2.75, 3.05) is 6.54 Å². The van der Waals surface area contributed by atoms with E-state index in [0.29, 0.717) is 6.04 Å². The third kappa shape index (κ3) is 1.85. The smallest absolute Gasteiger partial charge is 0.126 e. The van der Waals surface area contributed by atoms with Crippen molar-refractivity contribution in [3.8, 4) is 11.3 Å². The number of nitrogens with one attached hydrogen (secondary N) is 1. The largest absolute Gasteiger partial charge is 0.325 e. The molecule has 0 radical (unpaired) electrons. The fourth-order valence-electron chi connectivity index (χ4n) is 2.33. The van der Waals surface area contributed by atoms with Gasteiger partial charge in [-0.2, -0.15) is 0 Å². The second-order valence-electron chi connectivity index (χ2n) is 4.34. The Kier molecular flexibility index (Phi) is 2.65. The quantitative estimate of drug-likeness (QED) is 0.840. The second kappa shape index (κ2) is 4.17. The summed E-state index contributed by atoms with van der Waals surface area (Å²) in [7, 11) is 0. The molecule has 0 saturated carbocycles. The van der Waals surface area contributed by atoms with Gasteiger partial charge in [0.1, 0.15) is 5.82 Å². The van der Waals surface area contributed by atoms with Gasteiger partial charge < -0.3 is 9.88 Å². The van der Waals surface area contributed by atoms with Crippen molar-refractivity contribution in [2.24, 2.45) is 0 Å². The zero-order valence-corrected chi connectivity index (χ0v) is 10.4. The summed E-state index contributed by atoms with van der Waals surface area (Å²) in [6, 6.07) is 8.24. The summed E-state index contributed by atoms with van der Waals surface area (Å²) in [6.45, 7) is 4.08. The topological polar surface area (TPSA) is 29.9 Å². The summed E-state index contributed by atoms with van der Waals surface area (Å²) in [6.07, 6.45) is 1.94. The third-order valence-electron chi connectivity index (χ3n) is 3.18. The molecular weight excluding hydrogens is 234 g/mol. The van der Waals surface area contributed by atoms with E-state index in [2.05, 4.69) is 27.9 Å². The van der Waals surface area contributed by atoms with Gasteiger partial charge in [0, 0.05) is 23.7 Å². The molecule has 3 nitrogen and oxygen atoms in total. The van der Waals surface area contributed by atoms with Crippen molar-refractivity contribution < 1.29 is 0 Å². The molecule has 1 atom stereocenters. The maximum absolute atomic E-state index is 6.03. The van der Waals surface area contributed by atoms with Crippen LogP contribution in [0, 0.1) is 0 Å². The number of halogens is 1. The predicted molar refractivity (Wildman–Crippen MR) is 69.1 cm³/mol. The highest BCUT2D eigenvalue weighted by molar-refractivity contribution is 6.30. The highest BCUT2D eigenvalue weighted by atomic mass is 35.5. The van der Waals surface area contributed by atoms with Crippen LogP contribution in [0.25, 0.3) is 11.3 Å². The Morgan fingerprint density at radius 1 is 1.47 bits per heavy atom. The Morgan fingerprint density at radius 3 is 3.18 bits per heavy atom. The average Bonchev–Trinajstić information content (AvgIpc) is 2.74. The zero-order valence-electron chi connectivity index (χ0n) is 9.65. The van der Waals surface area contributed by atoms with E-state index in [9.17, 15) is 0 Å². The van der Waals surface area contributed by atoms with E-state index in [0.717, 1.165) is 35.2 Å². The lowest BCUT2D eigenvalue weighted by Gasteiger charge is -2.23. The van der Waals surface area contributed by atoms with Crippen LogP contribution in [-0.2, 0) is 6.54 Å². The first kappa shape index (κ1) is 10.8. The molecule has 1 unspecified atom stereocenters. The molecule has 0 spiro atoms. The maximum atomic E-state index is 6.03. The summed E-state index contributed by atoms with van der Waals surface area (Å²) >= 11 is 6.03. The molecule has 88 valence electrons. The van der Waals surface area contributed by atoms with Gasteiger partial charge in [-0.1, -0.05) is 23.7 Å². The first-order valence-corrected chi connectivity index (χ1v) is 6.18. The second-order valence-corrected chi connectivity index (χ2v) is 4.78. The molecule has 3 rings (SSSR count). The van der Waals surface area contributed by atoms with Gasteiger partial charge in [0.25, 0.3) is 0 Å². The molecule has 0 saturated heterocycles. The number of aromatic nitrogens is 2. The summed E-state index contributed by atoms with van der Waals surface area (Å²) in [5, 5.41) is 4.17. The van der Waals surface area contributed by atoms with Crippen LogP contribution in [0.5, 0.6) is 0 Å². The summed E-state index contributed by atoms with van der Waals surface area (Å²) < 4.78 is 2.27. The minimum absolute atomic E-state index is 0.316. The van der Waals surface area contributed by atoms with Crippen LogP contribution in [0.15, 0.2) is 30.5 Å². The standard InChI is InChI=1S/C13H14ClN3/c1-9-13-16-8-12(17(13)6-5-15-9)10-3-2-4-11(14)7-10/h2-4,7-9,15H,5-6H2,1H3. The number of benzene rings is 1. The first-order chi connectivity index (χ1) is 8.25. The molecule has 1 aromatic heterocycles. The number of rotatable bonds is 1. The van der Waals surface area contributed by atoms with Crippen LogP contribution in [0.3, 0.4) is 0 Å². The van der Waals surface area contributed by atoms with Crippen molar-refractivity contribution >= 4 is 11.6 Å². The van der Waals surface area contributed by atoms with Gasteiger partial charge >= 0.3 is 0 Å². The molecule has 0 bridgehead atoms. The lowest BCUT2D eigenvalue weighted by Crippen LogP contribution is -2.32. The number of hydrogen-bond acceptors (Lipinski definition) is 2. The van der Waals surface area contributed by atoms with E-state index in [1.807, 2.05) is 24.4 Å². The van der Waals surface area contributed by atoms with Crippen LogP contribution in [0.4, 0.5) is 0 Å². The molecule has 1 aliphatic heterocycles. The van der Waals surface area contributed by atoms with Gasteiger partial charge in [0.05, 0.1) is 17.9 Å². The molecule has 1 N–H and O–H groups in total. The van der Waals surface area contributed by atoms with Gasteiger partial charge in [-0.25, -0.2) is 4.98 Å². The number of hydrogen-bond donors (Lipinski definition) is 1. The van der Waals surface area contributed by atoms with E-state index >= 15 is 0 Å². The average molecular weight is 248 g/mol. The van der Waals surface area contributed by atoms with Crippen LogP contribution in [0.2, 0.25) is 5.02 Å². The molecule has 1 aromatic carbocycles. The predicted octanol–water partition coefficient (Wildman–Crippen LogP) is 2.87. The van der Waals surface area contributed by atoms with Crippen LogP contribution in [0.1, 0.15) is 18.8 Å². The Bertz CT molecular complexity index is 547. The third-order valence-corrected chi connectivity index (χ3v) is 3.42. The highest BCUT2D eigenvalue weighted by Crippen LogP contribution is 2.27. The van der Waals surface area contributed by atoms with E-state index in [1.165, 1.54) is 0 Å². The number of imidazole rings is 1. The van der Waals surface area contributed by atoms with Gasteiger partial charge in [-0.15, -0.1) is 0 Å². The summed E-state index contributed by atoms with van der Waals surface area (Å²) in [4.78, 5) is 4.50. The monoisotopic (exact) mass is 247 g/mol. The summed E-state index contributed by atoms with van der Waals surface area (Å²) in [5.41, 5.74) is 2.28. The SMILES string of the molecule is CC1NCCn2c(-c3cccc(Cl)c3)cnc21. The lowest BCUT2D eigenvalue weighted by molar-refractivity contribution is 0.439. The molecule has 2 aromatic rings. The van der Waals surface area contributed by atoms with Gasteiger partial charge in [-0.3, -0.25) is 0 Å². The molecule has 17 heavy (non-hydrogen) atoms. The molecule has 0 amide bonds. The minimum Gasteiger partial charge on any atom is -0.325 e. The molecule has 0 fully saturated rings. The molecular formula is C13H14ClN3. The number of nitrogens with zero attached hydrogens (tertiary/aromatic N) is 2. The van der Waals surface area contributed by atoms with Crippen molar-refractivity contribution in [2.45, 2.75) is 19.5 Å². The normalized spacial score (nSPS) is 19.1. The van der Waals surface area contributed by atoms with Crippen LogP contribution in [-0.4, -0.2) is 16.1 Å². The molecule has 0 aliphatic carbocycles. The van der Waals surface area contributed by atoms with Gasteiger partial charge in [0.15, 0.2) is 0 Å². The van der Waals surface area contributed by atoms with E-state index in [4.69, 9.17) is 11.6 Å². The van der Waals surface area contributed by atoms with E-state index < -0.39 is 0 Å². The van der Waals surface area contributed by atoms with Crippen molar-refractivity contribution in [3.05, 3.63) is 41.3 Å². The van der Waals surface area contributed by atoms with E-state index in [-0.39, 0.29) is 0 Å². The molecule has 2 heterocycles. The molecule has 4 heteroatoms. The Hall–Kier alpha value is -1.32. The van der Waals surface area contributed by atoms with Gasteiger partial charge in [-0.05, 0) is 19.1 Å². The van der Waals surface area contributed by atoms with E-state index in [1.54, 1.807) is 0 Å². The minimum atomic E-state index is 0.316. The number of fused-ring (bicyclic) bond motifs is 1. The Balaban J connectivity index is 2.10. The summed E-state index contributed by atoms with van der Waals surface area (Å²) in [5.74, 6) is 1.10. The maximum Gasteiger partial charge on any atom is 0.126 e. The fraction of sp³-hybridized carbons (Fsp3) is 0.308. The Labute approximate surface area is 105 Å². The van der Waals surface area contributed by atoms with Crippen molar-refractivity contribution in [1.82, 2.24) is 14.9 Å². The zero-order chi connectivity index (χ0) is 11.8. The van der Waals surface area contributed by atoms with Crippen molar-refractivity contribution in [1.29, 1.82) is 0 Å². The lowest BCUT2D eigenvalue weighted by atomic mass is 10.1. The van der Waals surface area contributed by atoms with Crippen molar-refractivity contribution in [3.63, 3.8) is 0 Å². The fourth-order valence-corrected chi connectivity index (χ4v) is 2.52. The highest BCUT2D eigenvalue weighted by Gasteiger charge is 2.20.